The maximum absolute atomic E-state index is 13.3. The second kappa shape index (κ2) is 12.0. The minimum atomic E-state index is -0.266. The zero-order chi connectivity index (χ0) is 28.3. The second-order valence-corrected chi connectivity index (χ2v) is 11.5. The summed E-state index contributed by atoms with van der Waals surface area (Å²) in [6.45, 7) is 5.38. The van der Waals surface area contributed by atoms with Crippen molar-refractivity contribution in [3.8, 4) is 5.88 Å². The van der Waals surface area contributed by atoms with E-state index >= 15 is 0 Å². The number of hydrogen-bond donors (Lipinski definition) is 0. The first kappa shape index (κ1) is 27.5. The summed E-state index contributed by atoms with van der Waals surface area (Å²) in [5.41, 5.74) is 1.38. The summed E-state index contributed by atoms with van der Waals surface area (Å²) in [6.07, 6.45) is 1.81. The number of anilines is 2. The molecule has 2 saturated heterocycles. The molecule has 212 valence electrons. The number of amidine groups is 1. The molecular formula is C27H27ClN8O3S2. The van der Waals surface area contributed by atoms with E-state index in [0.29, 0.717) is 84.8 Å². The first-order chi connectivity index (χ1) is 20.0. The smallest absolute Gasteiger partial charge is 0.286 e. The molecule has 1 aromatic carbocycles. The highest BCUT2D eigenvalue weighted by atomic mass is 35.5. The number of rotatable bonds is 5. The van der Waals surface area contributed by atoms with Gasteiger partial charge < -0.3 is 24.3 Å². The lowest BCUT2D eigenvalue weighted by atomic mass is 10.1. The normalized spacial score (nSPS) is 18.7. The van der Waals surface area contributed by atoms with E-state index in [2.05, 4.69) is 33.4 Å². The van der Waals surface area contributed by atoms with Crippen molar-refractivity contribution >= 4 is 69.8 Å². The number of halogens is 1. The molecule has 3 aromatic rings. The van der Waals surface area contributed by atoms with Crippen molar-refractivity contribution in [2.45, 2.75) is 0 Å². The average molecular weight is 611 g/mol. The number of benzene rings is 1. The summed E-state index contributed by atoms with van der Waals surface area (Å²) in [7, 11) is 1.60. The van der Waals surface area contributed by atoms with Gasteiger partial charge in [-0.05, 0) is 41.6 Å². The van der Waals surface area contributed by atoms with Crippen molar-refractivity contribution in [2.24, 2.45) is 4.99 Å². The van der Waals surface area contributed by atoms with E-state index in [9.17, 15) is 9.59 Å². The van der Waals surface area contributed by atoms with Gasteiger partial charge >= 0.3 is 0 Å². The summed E-state index contributed by atoms with van der Waals surface area (Å²) in [4.78, 5) is 43.6. The van der Waals surface area contributed by atoms with Gasteiger partial charge in [-0.1, -0.05) is 29.8 Å². The van der Waals surface area contributed by atoms with Crippen LogP contribution in [0.4, 0.5) is 11.6 Å². The number of pyridine rings is 1. The van der Waals surface area contributed by atoms with Crippen molar-refractivity contribution < 1.29 is 14.3 Å². The molecule has 0 radical (unpaired) electrons. The van der Waals surface area contributed by atoms with Crippen molar-refractivity contribution in [1.29, 1.82) is 0 Å². The SMILES string of the molecule is COc1cccc(N2CCN(C(=O)c3cccc(/C=C4/SC(N5CCN(c6nsnc6Cl)CC5)=NC4=O)c3)CC2)n1. The zero-order valence-electron chi connectivity index (χ0n) is 22.3. The van der Waals surface area contributed by atoms with Crippen LogP contribution in [0.2, 0.25) is 5.15 Å². The Labute approximate surface area is 250 Å². The van der Waals surface area contributed by atoms with Crippen LogP contribution in [0.25, 0.3) is 6.08 Å². The topological polar surface area (TPSA) is 107 Å². The van der Waals surface area contributed by atoms with Crippen molar-refractivity contribution in [1.82, 2.24) is 23.5 Å². The Bertz CT molecular complexity index is 1510. The van der Waals surface area contributed by atoms with E-state index in [1.807, 2.05) is 53.4 Å². The molecule has 3 aliphatic heterocycles. The summed E-state index contributed by atoms with van der Waals surface area (Å²) in [6, 6.07) is 13.1. The second-order valence-electron chi connectivity index (χ2n) is 9.61. The lowest BCUT2D eigenvalue weighted by Gasteiger charge is -2.35. The maximum Gasteiger partial charge on any atom is 0.286 e. The number of nitrogens with zero attached hydrogens (tertiary/aromatic N) is 8. The van der Waals surface area contributed by atoms with Crippen LogP contribution in [0.3, 0.4) is 0 Å². The maximum atomic E-state index is 13.3. The monoisotopic (exact) mass is 610 g/mol. The minimum absolute atomic E-state index is 0.0286. The predicted octanol–water partition coefficient (Wildman–Crippen LogP) is 3.35. The molecule has 0 bridgehead atoms. The van der Waals surface area contributed by atoms with Gasteiger partial charge in [0.05, 0.1) is 23.7 Å². The van der Waals surface area contributed by atoms with Crippen LogP contribution in [0.5, 0.6) is 5.88 Å². The van der Waals surface area contributed by atoms with Crippen molar-refractivity contribution in [3.05, 3.63) is 63.6 Å². The highest BCUT2D eigenvalue weighted by Gasteiger charge is 2.30. The number of amides is 2. The van der Waals surface area contributed by atoms with Gasteiger partial charge in [0, 0.05) is 64.0 Å². The Balaban J connectivity index is 1.06. The molecular weight excluding hydrogens is 584 g/mol. The van der Waals surface area contributed by atoms with Gasteiger partial charge in [0.15, 0.2) is 16.1 Å². The summed E-state index contributed by atoms with van der Waals surface area (Å²) >= 11 is 8.60. The van der Waals surface area contributed by atoms with Gasteiger partial charge in [-0.25, -0.2) is 0 Å². The van der Waals surface area contributed by atoms with Crippen LogP contribution in [0.15, 0.2) is 52.4 Å². The van der Waals surface area contributed by atoms with E-state index in [0.717, 1.165) is 23.1 Å². The molecule has 2 fully saturated rings. The predicted molar refractivity (Wildman–Crippen MR) is 162 cm³/mol. The van der Waals surface area contributed by atoms with Crippen molar-refractivity contribution in [3.63, 3.8) is 0 Å². The van der Waals surface area contributed by atoms with E-state index in [4.69, 9.17) is 16.3 Å². The minimum Gasteiger partial charge on any atom is -0.481 e. The fourth-order valence-electron chi connectivity index (χ4n) is 4.93. The van der Waals surface area contributed by atoms with Gasteiger partial charge in [0.2, 0.25) is 5.88 Å². The molecule has 0 spiro atoms. The number of thioether (sulfide) groups is 1. The molecule has 0 saturated carbocycles. The lowest BCUT2D eigenvalue weighted by Crippen LogP contribution is -2.49. The standard InChI is InChI=1S/C27H27ClN8O3S2/c1-39-22-7-3-6-21(29-22)33-8-12-35(13-9-33)26(38)19-5-2-4-18(16-19)17-20-25(37)30-27(40-20)36-14-10-34(11-15-36)24-23(28)31-41-32-24/h2-7,16-17H,8-15H2,1H3/b20-17+. The fraction of sp³-hybridized carbons (Fsp3) is 0.333. The molecule has 11 nitrogen and oxygen atoms in total. The highest BCUT2D eigenvalue weighted by molar-refractivity contribution is 8.18. The molecule has 0 unspecified atom stereocenters. The zero-order valence-corrected chi connectivity index (χ0v) is 24.7. The molecule has 14 heteroatoms. The molecule has 0 N–H and O–H groups in total. The third-order valence-electron chi connectivity index (χ3n) is 7.13. The van der Waals surface area contributed by atoms with Gasteiger partial charge in [0.1, 0.15) is 5.82 Å². The van der Waals surface area contributed by atoms with Gasteiger partial charge in [-0.2, -0.15) is 18.7 Å². The van der Waals surface area contributed by atoms with Crippen LogP contribution < -0.4 is 14.5 Å². The number of hydrogen-bond acceptors (Lipinski definition) is 11. The van der Waals surface area contributed by atoms with Gasteiger partial charge in [-0.3, -0.25) is 9.59 Å². The highest BCUT2D eigenvalue weighted by Crippen LogP contribution is 2.32. The molecule has 0 atom stereocenters. The van der Waals surface area contributed by atoms with Gasteiger partial charge in [0.25, 0.3) is 11.8 Å². The number of ether oxygens (including phenoxy) is 1. The quantitative estimate of drug-likeness (QED) is 0.399. The summed E-state index contributed by atoms with van der Waals surface area (Å²) < 4.78 is 13.6. The third-order valence-corrected chi connectivity index (χ3v) is 9.05. The van der Waals surface area contributed by atoms with Crippen molar-refractivity contribution in [2.75, 3.05) is 69.3 Å². The Hall–Kier alpha value is -3.68. The molecule has 0 aliphatic carbocycles. The number of carbonyl (C=O) groups is 2. The number of aliphatic imine (C=N–C) groups is 1. The molecule has 6 rings (SSSR count). The van der Waals surface area contributed by atoms with Crippen LogP contribution in [-0.4, -0.2) is 100.0 Å². The Kier molecular flexibility index (Phi) is 8.08. The van der Waals surface area contributed by atoms with E-state index in [1.54, 1.807) is 7.11 Å². The van der Waals surface area contributed by atoms with E-state index in [1.165, 1.54) is 11.8 Å². The molecule has 5 heterocycles. The largest absolute Gasteiger partial charge is 0.481 e. The molecule has 41 heavy (non-hydrogen) atoms. The summed E-state index contributed by atoms with van der Waals surface area (Å²) in [5, 5.41) is 1.11. The first-order valence-electron chi connectivity index (χ1n) is 13.1. The summed E-state index contributed by atoms with van der Waals surface area (Å²) in [5.74, 6) is 1.82. The Morgan fingerprint density at radius 3 is 2.41 bits per heavy atom. The fourth-order valence-corrected chi connectivity index (χ4v) is 6.68. The van der Waals surface area contributed by atoms with Gasteiger partial charge in [-0.15, -0.1) is 0 Å². The average Bonchev–Trinajstić information content (AvgIpc) is 3.61. The van der Waals surface area contributed by atoms with Crippen LogP contribution in [0, 0.1) is 0 Å². The number of carbonyl (C=O) groups excluding carboxylic acids is 2. The van der Waals surface area contributed by atoms with Crippen LogP contribution in [-0.2, 0) is 4.79 Å². The Morgan fingerprint density at radius 2 is 1.68 bits per heavy atom. The first-order valence-corrected chi connectivity index (χ1v) is 15.1. The molecule has 2 aromatic heterocycles. The van der Waals surface area contributed by atoms with Crippen LogP contribution >= 0.6 is 35.1 Å². The lowest BCUT2D eigenvalue weighted by molar-refractivity contribution is -0.113. The molecule has 3 aliphatic rings. The van der Waals surface area contributed by atoms with Crippen LogP contribution in [0.1, 0.15) is 15.9 Å². The van der Waals surface area contributed by atoms with E-state index < -0.39 is 0 Å². The van der Waals surface area contributed by atoms with E-state index in [-0.39, 0.29) is 11.8 Å². The number of aromatic nitrogens is 3. The molecule has 2 amide bonds. The third kappa shape index (κ3) is 6.02. The number of methoxy groups -OCH3 is 1. The number of piperazine rings is 2. The Morgan fingerprint density at radius 1 is 0.951 bits per heavy atom.